The van der Waals surface area contributed by atoms with Crippen LogP contribution in [0.3, 0.4) is 0 Å². The minimum absolute atomic E-state index is 0.00513. The quantitative estimate of drug-likeness (QED) is 0.865. The molecule has 1 aliphatic rings. The van der Waals surface area contributed by atoms with Crippen LogP contribution in [0, 0.1) is 5.82 Å². The van der Waals surface area contributed by atoms with Crippen LogP contribution in [0.5, 0.6) is 0 Å². The number of sulfonamides is 1. The van der Waals surface area contributed by atoms with E-state index in [1.165, 1.54) is 40.1 Å². The molecule has 2 aromatic rings. The number of allylic oxidation sites excluding steroid dienone is 1. The lowest BCUT2D eigenvalue weighted by Gasteiger charge is -2.31. The van der Waals surface area contributed by atoms with E-state index in [-0.39, 0.29) is 17.1 Å². The van der Waals surface area contributed by atoms with Crippen molar-refractivity contribution in [1.29, 1.82) is 0 Å². The minimum Gasteiger partial charge on any atom is -0.295 e. The molecule has 0 amide bonds. The van der Waals surface area contributed by atoms with E-state index >= 15 is 0 Å². The topological polar surface area (TPSA) is 54.5 Å². The van der Waals surface area contributed by atoms with Crippen LogP contribution in [0.25, 0.3) is 0 Å². The minimum atomic E-state index is -3.84. The number of carbonyl (C=O) groups excluding carboxylic acids is 1. The van der Waals surface area contributed by atoms with Gasteiger partial charge in [0.2, 0.25) is 0 Å². The van der Waals surface area contributed by atoms with Gasteiger partial charge in [0.25, 0.3) is 10.0 Å². The molecule has 3 rings (SSSR count). The molecule has 0 spiro atoms. The largest absolute Gasteiger partial charge is 0.295 e. The molecule has 0 saturated carbocycles. The zero-order valence-electron chi connectivity index (χ0n) is 11.3. The van der Waals surface area contributed by atoms with Gasteiger partial charge in [-0.05, 0) is 41.8 Å². The molecule has 1 aromatic carbocycles. The number of rotatable bonds is 3. The molecular formula is C15H12FNO3S2. The molecule has 0 radical (unpaired) electrons. The van der Waals surface area contributed by atoms with Crippen molar-refractivity contribution < 1.29 is 17.6 Å². The van der Waals surface area contributed by atoms with Crippen LogP contribution in [-0.4, -0.2) is 18.5 Å². The number of benzene rings is 1. The van der Waals surface area contributed by atoms with Crippen molar-refractivity contribution in [3.05, 3.63) is 64.7 Å². The lowest BCUT2D eigenvalue weighted by atomic mass is 10.1. The number of ketones is 1. The van der Waals surface area contributed by atoms with E-state index in [1.807, 2.05) is 11.4 Å². The lowest BCUT2D eigenvalue weighted by Crippen LogP contribution is -2.34. The molecule has 1 unspecified atom stereocenters. The fourth-order valence-corrected chi connectivity index (χ4v) is 4.65. The van der Waals surface area contributed by atoms with Crippen molar-refractivity contribution in [2.24, 2.45) is 0 Å². The maximum Gasteiger partial charge on any atom is 0.264 e. The molecule has 7 heteroatoms. The summed E-state index contributed by atoms with van der Waals surface area (Å²) in [6.45, 7) is 0. The fourth-order valence-electron chi connectivity index (χ4n) is 2.29. The van der Waals surface area contributed by atoms with E-state index in [1.54, 1.807) is 6.07 Å². The van der Waals surface area contributed by atoms with Gasteiger partial charge in [-0.1, -0.05) is 6.07 Å². The van der Waals surface area contributed by atoms with Crippen molar-refractivity contribution in [2.45, 2.75) is 17.4 Å². The maximum absolute atomic E-state index is 13.0. The molecule has 2 heterocycles. The highest BCUT2D eigenvalue weighted by Gasteiger charge is 2.34. The molecule has 1 aliphatic heterocycles. The molecule has 0 aliphatic carbocycles. The standard InChI is InChI=1S/C15H12FNO3S2/c16-11-3-5-13(6-4-11)22(19,20)17-8-7-12(18)10-14(17)15-2-1-9-21-15/h1-9,14H,10H2. The van der Waals surface area contributed by atoms with Crippen LogP contribution in [0.4, 0.5) is 4.39 Å². The summed E-state index contributed by atoms with van der Waals surface area (Å²) in [6.07, 6.45) is 2.64. The molecule has 0 bridgehead atoms. The summed E-state index contributed by atoms with van der Waals surface area (Å²) in [6, 6.07) is 7.70. The van der Waals surface area contributed by atoms with Crippen molar-refractivity contribution in [3.63, 3.8) is 0 Å². The number of hydrogen-bond donors (Lipinski definition) is 0. The maximum atomic E-state index is 13.0. The Bertz CT molecular complexity index is 811. The molecular weight excluding hydrogens is 325 g/mol. The second kappa shape index (κ2) is 5.66. The Morgan fingerprint density at radius 3 is 2.55 bits per heavy atom. The predicted molar refractivity (Wildman–Crippen MR) is 81.2 cm³/mol. The Morgan fingerprint density at radius 2 is 1.91 bits per heavy atom. The van der Waals surface area contributed by atoms with Gasteiger partial charge in [-0.2, -0.15) is 0 Å². The first-order chi connectivity index (χ1) is 10.5. The molecule has 0 N–H and O–H groups in total. The van der Waals surface area contributed by atoms with E-state index in [9.17, 15) is 17.6 Å². The van der Waals surface area contributed by atoms with E-state index in [4.69, 9.17) is 0 Å². The SMILES string of the molecule is O=C1C=CN(S(=O)(=O)c2ccc(F)cc2)C(c2cccs2)C1. The van der Waals surface area contributed by atoms with Gasteiger partial charge < -0.3 is 0 Å². The highest BCUT2D eigenvalue weighted by atomic mass is 32.2. The van der Waals surface area contributed by atoms with Crippen LogP contribution in [0.1, 0.15) is 17.3 Å². The number of thiophene rings is 1. The van der Waals surface area contributed by atoms with Crippen LogP contribution in [0.2, 0.25) is 0 Å². The van der Waals surface area contributed by atoms with Gasteiger partial charge >= 0.3 is 0 Å². The van der Waals surface area contributed by atoms with Crippen LogP contribution < -0.4 is 0 Å². The van der Waals surface area contributed by atoms with Gasteiger partial charge in [-0.3, -0.25) is 9.10 Å². The first-order valence-electron chi connectivity index (χ1n) is 6.52. The zero-order valence-corrected chi connectivity index (χ0v) is 13.0. The lowest BCUT2D eigenvalue weighted by molar-refractivity contribution is -0.115. The Kier molecular flexibility index (Phi) is 3.84. The zero-order chi connectivity index (χ0) is 15.7. The highest BCUT2D eigenvalue weighted by molar-refractivity contribution is 7.89. The first-order valence-corrected chi connectivity index (χ1v) is 8.84. The molecule has 1 atom stereocenters. The van der Waals surface area contributed by atoms with Crippen LogP contribution in [-0.2, 0) is 14.8 Å². The average molecular weight is 337 g/mol. The summed E-state index contributed by atoms with van der Waals surface area (Å²) in [4.78, 5) is 12.5. The summed E-state index contributed by atoms with van der Waals surface area (Å²) < 4.78 is 39.7. The first kappa shape index (κ1) is 14.9. The average Bonchev–Trinajstić information content (AvgIpc) is 3.01. The monoisotopic (exact) mass is 337 g/mol. The van der Waals surface area contributed by atoms with Crippen LogP contribution in [0.15, 0.2) is 58.9 Å². The van der Waals surface area contributed by atoms with Crippen molar-refractivity contribution in [3.8, 4) is 0 Å². The van der Waals surface area contributed by atoms with Gasteiger partial charge in [-0.15, -0.1) is 11.3 Å². The second-order valence-corrected chi connectivity index (χ2v) is 7.63. The summed E-state index contributed by atoms with van der Waals surface area (Å²) in [5.41, 5.74) is 0. The fraction of sp³-hybridized carbons (Fsp3) is 0.133. The number of nitrogens with zero attached hydrogens (tertiary/aromatic N) is 1. The summed E-state index contributed by atoms with van der Waals surface area (Å²) in [5, 5.41) is 1.83. The van der Waals surface area contributed by atoms with Crippen molar-refractivity contribution in [2.75, 3.05) is 0 Å². The van der Waals surface area contributed by atoms with Gasteiger partial charge in [0.05, 0.1) is 10.9 Å². The Balaban J connectivity index is 2.05. The Labute approximate surface area is 131 Å². The normalized spacial score (nSPS) is 18.7. The summed E-state index contributed by atoms with van der Waals surface area (Å²) in [5.74, 6) is -0.623. The molecule has 0 saturated heterocycles. The van der Waals surface area contributed by atoms with Gasteiger partial charge in [0.1, 0.15) is 5.82 Å². The summed E-state index contributed by atoms with van der Waals surface area (Å²) >= 11 is 1.40. The third-order valence-electron chi connectivity index (χ3n) is 3.37. The van der Waals surface area contributed by atoms with Crippen LogP contribution >= 0.6 is 11.3 Å². The molecule has 114 valence electrons. The van der Waals surface area contributed by atoms with Crippen molar-refractivity contribution >= 4 is 27.1 Å². The van der Waals surface area contributed by atoms with E-state index in [0.717, 1.165) is 17.0 Å². The smallest absolute Gasteiger partial charge is 0.264 e. The number of carbonyl (C=O) groups is 1. The molecule has 1 aromatic heterocycles. The summed E-state index contributed by atoms with van der Waals surface area (Å²) in [7, 11) is -3.84. The van der Waals surface area contributed by atoms with Crippen molar-refractivity contribution in [1.82, 2.24) is 4.31 Å². The predicted octanol–water partition coefficient (Wildman–Crippen LogP) is 3.11. The third kappa shape index (κ3) is 2.69. The van der Waals surface area contributed by atoms with E-state index in [0.29, 0.717) is 0 Å². The second-order valence-electron chi connectivity index (χ2n) is 4.81. The molecule has 22 heavy (non-hydrogen) atoms. The Hall–Kier alpha value is -1.99. The highest BCUT2D eigenvalue weighted by Crippen LogP contribution is 2.35. The van der Waals surface area contributed by atoms with Gasteiger partial charge in [0.15, 0.2) is 5.78 Å². The molecule has 4 nitrogen and oxygen atoms in total. The Morgan fingerprint density at radius 1 is 1.18 bits per heavy atom. The number of hydrogen-bond acceptors (Lipinski definition) is 4. The van der Waals surface area contributed by atoms with Gasteiger partial charge in [-0.25, -0.2) is 12.8 Å². The number of halogens is 1. The third-order valence-corrected chi connectivity index (χ3v) is 6.14. The van der Waals surface area contributed by atoms with E-state index < -0.39 is 21.9 Å². The molecule has 0 fully saturated rings. The van der Waals surface area contributed by atoms with E-state index in [2.05, 4.69) is 0 Å². The van der Waals surface area contributed by atoms with Gasteiger partial charge in [0, 0.05) is 17.5 Å².